The molecule has 0 spiro atoms. The van der Waals surface area contributed by atoms with Gasteiger partial charge in [0.2, 0.25) is 0 Å². The zero-order chi connectivity index (χ0) is 10.2. The fourth-order valence-corrected chi connectivity index (χ4v) is 1.30. The van der Waals surface area contributed by atoms with Gasteiger partial charge in [-0.15, -0.1) is 0 Å². The van der Waals surface area contributed by atoms with E-state index in [-0.39, 0.29) is 6.61 Å². The van der Waals surface area contributed by atoms with Gasteiger partial charge in [0.1, 0.15) is 5.75 Å². The summed E-state index contributed by atoms with van der Waals surface area (Å²) >= 11 is 0. The van der Waals surface area contributed by atoms with Crippen LogP contribution in [-0.4, -0.2) is 18.3 Å². The van der Waals surface area contributed by atoms with Crippen molar-refractivity contribution in [2.45, 2.75) is 26.2 Å². The predicted octanol–water partition coefficient (Wildman–Crippen LogP) is 2.40. The Balaban J connectivity index is 2.55. The largest absolute Gasteiger partial charge is 0.493 e. The third-order valence-electron chi connectivity index (χ3n) is 2.11. The lowest BCUT2D eigenvalue weighted by atomic mass is 10.1. The number of unbranched alkanes of at least 4 members (excludes halogenated alkanes) is 1. The normalized spacial score (nSPS) is 10.1. The molecule has 0 radical (unpaired) electrons. The Hall–Kier alpha value is -1.02. The number of para-hydroxylation sites is 1. The predicted molar refractivity (Wildman–Crippen MR) is 57.6 cm³/mol. The van der Waals surface area contributed by atoms with E-state index in [2.05, 4.69) is 6.92 Å². The molecule has 0 saturated heterocycles. The maximum Gasteiger partial charge on any atom is 0.122 e. The molecule has 0 aromatic heterocycles. The van der Waals surface area contributed by atoms with E-state index < -0.39 is 0 Å². The quantitative estimate of drug-likeness (QED) is 0.705. The number of aliphatic hydroxyl groups excluding tert-OH is 1. The van der Waals surface area contributed by atoms with Gasteiger partial charge < -0.3 is 9.84 Å². The van der Waals surface area contributed by atoms with Crippen LogP contribution >= 0.6 is 0 Å². The van der Waals surface area contributed by atoms with E-state index in [1.54, 1.807) is 0 Å². The van der Waals surface area contributed by atoms with Crippen LogP contribution in [0, 0.1) is 0 Å². The molecular formula is C12H18O2. The van der Waals surface area contributed by atoms with Gasteiger partial charge in [-0.3, -0.25) is 0 Å². The summed E-state index contributed by atoms with van der Waals surface area (Å²) in [6.07, 6.45) is 2.89. The second-order valence-corrected chi connectivity index (χ2v) is 3.28. The molecular weight excluding hydrogens is 176 g/mol. The molecule has 0 aliphatic heterocycles. The van der Waals surface area contributed by atoms with E-state index in [9.17, 15) is 0 Å². The maximum absolute atomic E-state index is 8.86. The Morgan fingerprint density at radius 3 is 2.79 bits per heavy atom. The van der Waals surface area contributed by atoms with Crippen molar-refractivity contribution in [3.05, 3.63) is 29.8 Å². The van der Waals surface area contributed by atoms with Crippen LogP contribution in [0.3, 0.4) is 0 Å². The summed E-state index contributed by atoms with van der Waals surface area (Å²) in [5.74, 6) is 0.912. The van der Waals surface area contributed by atoms with Gasteiger partial charge in [0, 0.05) is 6.61 Å². The fraction of sp³-hybridized carbons (Fsp3) is 0.500. The van der Waals surface area contributed by atoms with Gasteiger partial charge in [-0.25, -0.2) is 0 Å². The molecule has 2 nitrogen and oxygen atoms in total. The van der Waals surface area contributed by atoms with Crippen LogP contribution in [0.25, 0.3) is 0 Å². The number of rotatable bonds is 6. The van der Waals surface area contributed by atoms with Crippen molar-refractivity contribution in [2.24, 2.45) is 0 Å². The van der Waals surface area contributed by atoms with Crippen molar-refractivity contribution in [1.29, 1.82) is 0 Å². The van der Waals surface area contributed by atoms with Crippen LogP contribution in [-0.2, 0) is 6.42 Å². The molecule has 0 aliphatic rings. The summed E-state index contributed by atoms with van der Waals surface area (Å²) in [5.41, 5.74) is 1.09. The smallest absolute Gasteiger partial charge is 0.122 e. The van der Waals surface area contributed by atoms with Crippen molar-refractivity contribution in [2.75, 3.05) is 13.2 Å². The van der Waals surface area contributed by atoms with E-state index in [0.717, 1.165) is 30.8 Å². The third-order valence-corrected chi connectivity index (χ3v) is 2.11. The van der Waals surface area contributed by atoms with E-state index in [1.165, 1.54) is 0 Å². The molecule has 0 unspecified atom stereocenters. The van der Waals surface area contributed by atoms with Crippen LogP contribution in [0.2, 0.25) is 0 Å². The van der Waals surface area contributed by atoms with Gasteiger partial charge in [0.25, 0.3) is 0 Å². The molecule has 1 rings (SSSR count). The Morgan fingerprint density at radius 1 is 1.29 bits per heavy atom. The molecule has 14 heavy (non-hydrogen) atoms. The van der Waals surface area contributed by atoms with Crippen molar-refractivity contribution < 1.29 is 9.84 Å². The van der Waals surface area contributed by atoms with Crippen LogP contribution in [0.1, 0.15) is 25.3 Å². The number of hydrogen-bond acceptors (Lipinski definition) is 2. The highest BCUT2D eigenvalue weighted by Crippen LogP contribution is 2.18. The van der Waals surface area contributed by atoms with Gasteiger partial charge >= 0.3 is 0 Å². The van der Waals surface area contributed by atoms with Gasteiger partial charge in [-0.2, -0.15) is 0 Å². The van der Waals surface area contributed by atoms with Crippen LogP contribution in [0.4, 0.5) is 0 Å². The lowest BCUT2D eigenvalue weighted by Crippen LogP contribution is -2.01. The van der Waals surface area contributed by atoms with Gasteiger partial charge in [-0.05, 0) is 24.5 Å². The SMILES string of the molecule is CCCCOc1ccccc1CCO. The molecule has 2 heteroatoms. The lowest BCUT2D eigenvalue weighted by molar-refractivity contribution is 0.286. The summed E-state index contributed by atoms with van der Waals surface area (Å²) < 4.78 is 5.62. The van der Waals surface area contributed by atoms with E-state index in [4.69, 9.17) is 9.84 Å². The monoisotopic (exact) mass is 194 g/mol. The molecule has 0 amide bonds. The topological polar surface area (TPSA) is 29.5 Å². The lowest BCUT2D eigenvalue weighted by Gasteiger charge is -2.09. The van der Waals surface area contributed by atoms with Crippen molar-refractivity contribution in [1.82, 2.24) is 0 Å². The van der Waals surface area contributed by atoms with E-state index in [1.807, 2.05) is 24.3 Å². The first-order chi connectivity index (χ1) is 6.88. The highest BCUT2D eigenvalue weighted by Gasteiger charge is 2.00. The van der Waals surface area contributed by atoms with Crippen molar-refractivity contribution in [3.63, 3.8) is 0 Å². The van der Waals surface area contributed by atoms with E-state index >= 15 is 0 Å². The van der Waals surface area contributed by atoms with Gasteiger partial charge in [-0.1, -0.05) is 31.5 Å². The summed E-state index contributed by atoms with van der Waals surface area (Å²) in [4.78, 5) is 0. The minimum absolute atomic E-state index is 0.175. The van der Waals surface area contributed by atoms with Crippen LogP contribution < -0.4 is 4.74 Å². The highest BCUT2D eigenvalue weighted by molar-refractivity contribution is 5.33. The minimum Gasteiger partial charge on any atom is -0.493 e. The first kappa shape index (κ1) is 11.1. The molecule has 0 aliphatic carbocycles. The Morgan fingerprint density at radius 2 is 2.07 bits per heavy atom. The Kier molecular flexibility index (Phi) is 5.08. The molecule has 0 bridgehead atoms. The summed E-state index contributed by atoms with van der Waals surface area (Å²) in [6.45, 7) is 3.08. The zero-order valence-electron chi connectivity index (χ0n) is 8.70. The molecule has 1 N–H and O–H groups in total. The van der Waals surface area contributed by atoms with E-state index in [0.29, 0.717) is 6.42 Å². The minimum atomic E-state index is 0.175. The average Bonchev–Trinajstić information content (AvgIpc) is 2.21. The molecule has 0 fully saturated rings. The van der Waals surface area contributed by atoms with Gasteiger partial charge in [0.15, 0.2) is 0 Å². The summed E-state index contributed by atoms with van der Waals surface area (Å²) in [7, 11) is 0. The maximum atomic E-state index is 8.86. The summed E-state index contributed by atoms with van der Waals surface area (Å²) in [6, 6.07) is 7.89. The van der Waals surface area contributed by atoms with Crippen LogP contribution in [0.5, 0.6) is 5.75 Å². The van der Waals surface area contributed by atoms with Crippen LogP contribution in [0.15, 0.2) is 24.3 Å². The number of benzene rings is 1. The van der Waals surface area contributed by atoms with Gasteiger partial charge in [0.05, 0.1) is 6.61 Å². The second kappa shape index (κ2) is 6.44. The standard InChI is InChI=1S/C12H18O2/c1-2-3-10-14-12-7-5-4-6-11(12)8-9-13/h4-7,13H,2-3,8-10H2,1H3. The molecule has 1 aromatic carbocycles. The summed E-state index contributed by atoms with van der Waals surface area (Å²) in [5, 5.41) is 8.86. The number of ether oxygens (including phenoxy) is 1. The molecule has 0 heterocycles. The molecule has 0 atom stereocenters. The zero-order valence-corrected chi connectivity index (χ0v) is 8.70. The second-order valence-electron chi connectivity index (χ2n) is 3.28. The number of aliphatic hydroxyl groups is 1. The van der Waals surface area contributed by atoms with Crippen molar-refractivity contribution >= 4 is 0 Å². The molecule has 1 aromatic rings. The van der Waals surface area contributed by atoms with Crippen molar-refractivity contribution in [3.8, 4) is 5.75 Å². The highest BCUT2D eigenvalue weighted by atomic mass is 16.5. The first-order valence-corrected chi connectivity index (χ1v) is 5.20. The Bertz CT molecular complexity index is 258. The first-order valence-electron chi connectivity index (χ1n) is 5.20. The molecule has 78 valence electrons. The number of hydrogen-bond donors (Lipinski definition) is 1. The third kappa shape index (κ3) is 3.38. The fourth-order valence-electron chi connectivity index (χ4n) is 1.30. The Labute approximate surface area is 85.5 Å². The average molecular weight is 194 g/mol. The molecule has 0 saturated carbocycles.